The molecule has 3 aromatic rings. The van der Waals surface area contributed by atoms with Gasteiger partial charge in [-0.15, -0.1) is 11.3 Å². The molecule has 1 aromatic carbocycles. The number of hydrogen-bond acceptors (Lipinski definition) is 3. The third kappa shape index (κ3) is 1.76. The van der Waals surface area contributed by atoms with Crippen LogP contribution in [0.3, 0.4) is 0 Å². The third-order valence-electron chi connectivity index (χ3n) is 2.76. The van der Waals surface area contributed by atoms with Gasteiger partial charge >= 0.3 is 0 Å². The highest BCUT2D eigenvalue weighted by Crippen LogP contribution is 2.26. The summed E-state index contributed by atoms with van der Waals surface area (Å²) in [7, 11) is 0. The number of thiophene rings is 1. The van der Waals surface area contributed by atoms with Crippen molar-refractivity contribution in [3.05, 3.63) is 53.4 Å². The lowest BCUT2D eigenvalue weighted by molar-refractivity contribution is 0.100. The van der Waals surface area contributed by atoms with E-state index in [1.165, 1.54) is 0 Å². The first-order valence-electron chi connectivity index (χ1n) is 5.49. The molecule has 2 aromatic heterocycles. The van der Waals surface area contributed by atoms with Gasteiger partial charge in [0.25, 0.3) is 5.91 Å². The van der Waals surface area contributed by atoms with Crippen molar-refractivity contribution in [3.63, 3.8) is 0 Å². The van der Waals surface area contributed by atoms with Gasteiger partial charge in [0.1, 0.15) is 0 Å². The fourth-order valence-electron chi connectivity index (χ4n) is 1.91. The van der Waals surface area contributed by atoms with E-state index in [9.17, 15) is 4.79 Å². The number of nitrogens with zero attached hydrogens (tertiary/aromatic N) is 1. The van der Waals surface area contributed by atoms with Crippen LogP contribution in [-0.2, 0) is 0 Å². The van der Waals surface area contributed by atoms with Gasteiger partial charge in [0.05, 0.1) is 21.7 Å². The number of carbonyl (C=O) groups excluding carboxylic acids is 1. The number of amides is 1. The molecule has 0 aliphatic heterocycles. The van der Waals surface area contributed by atoms with E-state index in [0.717, 1.165) is 16.0 Å². The van der Waals surface area contributed by atoms with Gasteiger partial charge in [-0.05, 0) is 23.6 Å². The fraction of sp³-hybridized carbons (Fsp3) is 0. The van der Waals surface area contributed by atoms with Crippen molar-refractivity contribution in [2.75, 3.05) is 0 Å². The number of nitrogens with two attached hydrogens (primary N) is 1. The second kappa shape index (κ2) is 4.23. The zero-order chi connectivity index (χ0) is 12.5. The molecule has 0 radical (unpaired) electrons. The van der Waals surface area contributed by atoms with Gasteiger partial charge in [-0.1, -0.05) is 24.3 Å². The molecular formula is C14H10N2OS. The molecule has 0 unspecified atom stereocenters. The predicted molar refractivity (Wildman–Crippen MR) is 73.6 cm³/mol. The lowest BCUT2D eigenvalue weighted by Gasteiger charge is -2.04. The molecule has 3 rings (SSSR count). The number of pyridine rings is 1. The monoisotopic (exact) mass is 254 g/mol. The summed E-state index contributed by atoms with van der Waals surface area (Å²) in [6, 6.07) is 13.3. The molecule has 0 saturated heterocycles. The maximum atomic E-state index is 11.4. The molecular weight excluding hydrogens is 244 g/mol. The molecule has 3 nitrogen and oxygen atoms in total. The minimum atomic E-state index is -0.448. The number of para-hydroxylation sites is 1. The Labute approximate surface area is 108 Å². The summed E-state index contributed by atoms with van der Waals surface area (Å²) in [6.45, 7) is 0. The van der Waals surface area contributed by atoms with Crippen molar-refractivity contribution in [1.29, 1.82) is 0 Å². The summed E-state index contributed by atoms with van der Waals surface area (Å²) in [6.07, 6.45) is 0. The minimum Gasteiger partial charge on any atom is -0.366 e. The number of benzene rings is 1. The van der Waals surface area contributed by atoms with Crippen molar-refractivity contribution in [3.8, 4) is 10.6 Å². The summed E-state index contributed by atoms with van der Waals surface area (Å²) >= 11 is 1.62. The van der Waals surface area contributed by atoms with E-state index in [4.69, 9.17) is 5.73 Å². The van der Waals surface area contributed by atoms with E-state index in [-0.39, 0.29) is 0 Å². The normalized spacial score (nSPS) is 10.7. The van der Waals surface area contributed by atoms with E-state index in [1.54, 1.807) is 17.4 Å². The number of carbonyl (C=O) groups is 1. The quantitative estimate of drug-likeness (QED) is 0.764. The summed E-state index contributed by atoms with van der Waals surface area (Å²) in [4.78, 5) is 17.0. The second-order valence-electron chi connectivity index (χ2n) is 3.92. The fourth-order valence-corrected chi connectivity index (χ4v) is 2.60. The van der Waals surface area contributed by atoms with Crippen molar-refractivity contribution in [2.24, 2.45) is 5.73 Å². The maximum absolute atomic E-state index is 11.4. The molecule has 18 heavy (non-hydrogen) atoms. The predicted octanol–water partition coefficient (Wildman–Crippen LogP) is 3.06. The van der Waals surface area contributed by atoms with E-state index in [2.05, 4.69) is 4.98 Å². The summed E-state index contributed by atoms with van der Waals surface area (Å²) < 4.78 is 0. The van der Waals surface area contributed by atoms with Crippen LogP contribution in [0.4, 0.5) is 0 Å². The van der Waals surface area contributed by atoms with Gasteiger partial charge in [0.15, 0.2) is 0 Å². The van der Waals surface area contributed by atoms with E-state index < -0.39 is 5.91 Å². The zero-order valence-corrected chi connectivity index (χ0v) is 10.3. The van der Waals surface area contributed by atoms with Crippen LogP contribution < -0.4 is 5.73 Å². The number of hydrogen-bond donors (Lipinski definition) is 1. The molecule has 2 N–H and O–H groups in total. The SMILES string of the molecule is NC(=O)c1cccc2ccc(-c3cccs3)nc12. The van der Waals surface area contributed by atoms with Gasteiger partial charge in [-0.3, -0.25) is 4.79 Å². The van der Waals surface area contributed by atoms with E-state index >= 15 is 0 Å². The number of rotatable bonds is 2. The van der Waals surface area contributed by atoms with Crippen molar-refractivity contribution < 1.29 is 4.79 Å². The van der Waals surface area contributed by atoms with Crippen LogP contribution in [0.1, 0.15) is 10.4 Å². The highest BCUT2D eigenvalue weighted by molar-refractivity contribution is 7.13. The largest absolute Gasteiger partial charge is 0.366 e. The van der Waals surface area contributed by atoms with Crippen LogP contribution in [0.25, 0.3) is 21.5 Å². The first-order valence-corrected chi connectivity index (χ1v) is 6.37. The lowest BCUT2D eigenvalue weighted by atomic mass is 10.1. The average molecular weight is 254 g/mol. The number of aromatic nitrogens is 1. The Balaban J connectivity index is 2.28. The van der Waals surface area contributed by atoms with Crippen LogP contribution in [0, 0.1) is 0 Å². The van der Waals surface area contributed by atoms with Gasteiger partial charge in [0.2, 0.25) is 0 Å². The van der Waals surface area contributed by atoms with E-state index in [1.807, 2.05) is 41.8 Å². The number of fused-ring (bicyclic) bond motifs is 1. The number of primary amides is 1. The van der Waals surface area contributed by atoms with Crippen molar-refractivity contribution in [1.82, 2.24) is 4.98 Å². The van der Waals surface area contributed by atoms with Gasteiger partial charge in [-0.25, -0.2) is 4.98 Å². The summed E-state index contributed by atoms with van der Waals surface area (Å²) in [5.74, 6) is -0.448. The summed E-state index contributed by atoms with van der Waals surface area (Å²) in [5.41, 5.74) is 7.37. The average Bonchev–Trinajstić information content (AvgIpc) is 2.91. The molecule has 0 aliphatic rings. The standard InChI is InChI=1S/C14H10N2OS/c15-14(17)10-4-1-3-9-6-7-11(16-13(9)10)12-5-2-8-18-12/h1-8H,(H2,15,17). The maximum Gasteiger partial charge on any atom is 0.250 e. The molecule has 0 bridgehead atoms. The molecule has 2 heterocycles. The highest BCUT2D eigenvalue weighted by Gasteiger charge is 2.09. The Hall–Kier alpha value is -2.20. The Morgan fingerprint density at radius 3 is 2.72 bits per heavy atom. The van der Waals surface area contributed by atoms with Crippen LogP contribution in [0.2, 0.25) is 0 Å². The van der Waals surface area contributed by atoms with Crippen molar-refractivity contribution in [2.45, 2.75) is 0 Å². The minimum absolute atomic E-state index is 0.448. The third-order valence-corrected chi connectivity index (χ3v) is 3.65. The van der Waals surface area contributed by atoms with Gasteiger partial charge < -0.3 is 5.73 Å². The second-order valence-corrected chi connectivity index (χ2v) is 4.86. The van der Waals surface area contributed by atoms with E-state index in [0.29, 0.717) is 11.1 Å². The Morgan fingerprint density at radius 1 is 1.11 bits per heavy atom. The lowest BCUT2D eigenvalue weighted by Crippen LogP contribution is -2.11. The molecule has 0 atom stereocenters. The zero-order valence-electron chi connectivity index (χ0n) is 9.46. The van der Waals surface area contributed by atoms with Crippen LogP contribution in [0.5, 0.6) is 0 Å². The van der Waals surface area contributed by atoms with Gasteiger partial charge in [0, 0.05) is 5.39 Å². The smallest absolute Gasteiger partial charge is 0.250 e. The van der Waals surface area contributed by atoms with Crippen LogP contribution in [0.15, 0.2) is 47.8 Å². The van der Waals surface area contributed by atoms with Crippen LogP contribution >= 0.6 is 11.3 Å². The topological polar surface area (TPSA) is 56.0 Å². The molecule has 4 heteroatoms. The molecule has 0 aliphatic carbocycles. The highest BCUT2D eigenvalue weighted by atomic mass is 32.1. The summed E-state index contributed by atoms with van der Waals surface area (Å²) in [5, 5.41) is 2.92. The van der Waals surface area contributed by atoms with Crippen molar-refractivity contribution >= 4 is 28.1 Å². The Morgan fingerprint density at radius 2 is 2.00 bits per heavy atom. The first kappa shape index (κ1) is 10.9. The molecule has 0 spiro atoms. The van der Waals surface area contributed by atoms with Gasteiger partial charge in [-0.2, -0.15) is 0 Å². The molecule has 0 fully saturated rings. The molecule has 0 saturated carbocycles. The Bertz CT molecular complexity index is 720. The molecule has 1 amide bonds. The van der Waals surface area contributed by atoms with Crippen LogP contribution in [-0.4, -0.2) is 10.9 Å². The first-order chi connectivity index (χ1) is 8.75. The molecule has 88 valence electrons. The Kier molecular flexibility index (Phi) is 2.57.